The summed E-state index contributed by atoms with van der Waals surface area (Å²) in [6, 6.07) is 6.01. The lowest BCUT2D eigenvalue weighted by atomic mass is 10.1. The average molecular weight is 380 g/mol. The quantitative estimate of drug-likeness (QED) is 0.849. The number of hydrogen-bond donors (Lipinski definition) is 2. The van der Waals surface area contributed by atoms with Gasteiger partial charge in [-0.15, -0.1) is 0 Å². The molecule has 1 aliphatic rings. The van der Waals surface area contributed by atoms with Crippen molar-refractivity contribution in [2.24, 2.45) is 0 Å². The molecule has 1 aromatic carbocycles. The van der Waals surface area contributed by atoms with Gasteiger partial charge in [-0.2, -0.15) is 18.2 Å². The first-order valence-corrected chi connectivity index (χ1v) is 8.81. The Labute approximate surface area is 156 Å². The first-order chi connectivity index (χ1) is 12.8. The van der Waals surface area contributed by atoms with E-state index in [0.29, 0.717) is 6.20 Å². The third-order valence-electron chi connectivity index (χ3n) is 4.71. The van der Waals surface area contributed by atoms with Gasteiger partial charge in [-0.05, 0) is 37.2 Å². The molecule has 6 nitrogen and oxygen atoms in total. The molecule has 0 unspecified atom stereocenters. The number of alkyl halides is 3. The SMILES string of the molecule is CCc1cc(N2CCN(C)CC2)ccc1Nc1ncc(C(F)(F)F)c(N)n1. The van der Waals surface area contributed by atoms with E-state index in [4.69, 9.17) is 5.73 Å². The minimum atomic E-state index is -4.57. The Morgan fingerprint density at radius 2 is 1.89 bits per heavy atom. The number of halogens is 3. The van der Waals surface area contributed by atoms with E-state index >= 15 is 0 Å². The van der Waals surface area contributed by atoms with E-state index in [1.54, 1.807) is 0 Å². The lowest BCUT2D eigenvalue weighted by Crippen LogP contribution is -2.44. The number of aromatic nitrogens is 2. The fourth-order valence-electron chi connectivity index (χ4n) is 3.05. The number of aryl methyl sites for hydroxylation is 1. The molecule has 0 saturated carbocycles. The van der Waals surface area contributed by atoms with Gasteiger partial charge in [0, 0.05) is 43.8 Å². The molecule has 146 valence electrons. The maximum Gasteiger partial charge on any atom is 0.421 e. The lowest BCUT2D eigenvalue weighted by Gasteiger charge is -2.34. The molecule has 9 heteroatoms. The first-order valence-electron chi connectivity index (χ1n) is 8.81. The highest BCUT2D eigenvalue weighted by Gasteiger charge is 2.34. The van der Waals surface area contributed by atoms with Gasteiger partial charge in [0.1, 0.15) is 11.4 Å². The van der Waals surface area contributed by atoms with Crippen LogP contribution in [0.1, 0.15) is 18.1 Å². The molecule has 27 heavy (non-hydrogen) atoms. The van der Waals surface area contributed by atoms with Crippen molar-refractivity contribution in [2.75, 3.05) is 49.2 Å². The van der Waals surface area contributed by atoms with E-state index < -0.39 is 17.6 Å². The van der Waals surface area contributed by atoms with Gasteiger partial charge in [-0.3, -0.25) is 0 Å². The molecule has 3 rings (SSSR count). The van der Waals surface area contributed by atoms with E-state index in [0.717, 1.165) is 49.5 Å². The van der Waals surface area contributed by atoms with E-state index in [-0.39, 0.29) is 5.95 Å². The van der Waals surface area contributed by atoms with Gasteiger partial charge in [0.25, 0.3) is 0 Å². The Balaban J connectivity index is 1.80. The van der Waals surface area contributed by atoms with Gasteiger partial charge >= 0.3 is 6.18 Å². The van der Waals surface area contributed by atoms with Crippen LogP contribution in [0.25, 0.3) is 0 Å². The van der Waals surface area contributed by atoms with Crippen molar-refractivity contribution in [1.29, 1.82) is 0 Å². The second kappa shape index (κ2) is 7.59. The van der Waals surface area contributed by atoms with Crippen molar-refractivity contribution in [1.82, 2.24) is 14.9 Å². The maximum absolute atomic E-state index is 12.8. The van der Waals surface area contributed by atoms with E-state index in [1.807, 2.05) is 19.1 Å². The highest BCUT2D eigenvalue weighted by Crippen LogP contribution is 2.33. The van der Waals surface area contributed by atoms with Gasteiger partial charge in [0.15, 0.2) is 0 Å². The molecule has 0 bridgehead atoms. The minimum Gasteiger partial charge on any atom is -0.383 e. The number of nitrogen functional groups attached to an aromatic ring is 1. The Morgan fingerprint density at radius 3 is 2.48 bits per heavy atom. The number of nitrogens with two attached hydrogens (primary N) is 1. The second-order valence-corrected chi connectivity index (χ2v) is 6.60. The smallest absolute Gasteiger partial charge is 0.383 e. The predicted octanol–water partition coefficient (Wildman–Crippen LogP) is 3.14. The molecular formula is C18H23F3N6. The molecule has 1 fully saturated rings. The summed E-state index contributed by atoms with van der Waals surface area (Å²) >= 11 is 0. The summed E-state index contributed by atoms with van der Waals surface area (Å²) in [6.45, 7) is 5.98. The molecule has 0 amide bonds. The van der Waals surface area contributed by atoms with Gasteiger partial charge in [0.2, 0.25) is 5.95 Å². The van der Waals surface area contributed by atoms with Gasteiger partial charge in [-0.25, -0.2) is 4.98 Å². The molecule has 0 radical (unpaired) electrons. The largest absolute Gasteiger partial charge is 0.421 e. The molecular weight excluding hydrogens is 357 g/mol. The van der Waals surface area contributed by atoms with Crippen molar-refractivity contribution in [3.63, 3.8) is 0 Å². The highest BCUT2D eigenvalue weighted by atomic mass is 19.4. The fourth-order valence-corrected chi connectivity index (χ4v) is 3.05. The van der Waals surface area contributed by atoms with Crippen molar-refractivity contribution in [3.8, 4) is 0 Å². The zero-order chi connectivity index (χ0) is 19.6. The average Bonchev–Trinajstić information content (AvgIpc) is 2.62. The molecule has 3 N–H and O–H groups in total. The second-order valence-electron chi connectivity index (χ2n) is 6.60. The normalized spacial score (nSPS) is 15.8. The van der Waals surface area contributed by atoms with Gasteiger partial charge < -0.3 is 20.9 Å². The summed E-state index contributed by atoms with van der Waals surface area (Å²) in [5.74, 6) is -0.547. The molecule has 1 saturated heterocycles. The zero-order valence-electron chi connectivity index (χ0n) is 15.3. The van der Waals surface area contributed by atoms with Crippen molar-refractivity contribution < 1.29 is 13.2 Å². The number of nitrogens with zero attached hydrogens (tertiary/aromatic N) is 4. The Hall–Kier alpha value is -2.55. The minimum absolute atomic E-state index is 0.0440. The molecule has 0 aliphatic carbocycles. The summed E-state index contributed by atoms with van der Waals surface area (Å²) in [4.78, 5) is 12.1. The molecule has 2 aromatic rings. The molecule has 0 atom stereocenters. The highest BCUT2D eigenvalue weighted by molar-refractivity contribution is 5.65. The summed E-state index contributed by atoms with van der Waals surface area (Å²) in [5, 5.41) is 2.98. The van der Waals surface area contributed by atoms with Crippen LogP contribution in [0.2, 0.25) is 0 Å². The Bertz CT molecular complexity index is 800. The Morgan fingerprint density at radius 1 is 1.19 bits per heavy atom. The summed E-state index contributed by atoms with van der Waals surface area (Å²) in [6.07, 6.45) is -3.10. The number of nitrogens with one attached hydrogen (secondary N) is 1. The van der Waals surface area contributed by atoms with Crippen LogP contribution in [-0.4, -0.2) is 48.1 Å². The number of piperazine rings is 1. The van der Waals surface area contributed by atoms with Crippen molar-refractivity contribution >= 4 is 23.1 Å². The topological polar surface area (TPSA) is 70.3 Å². The first kappa shape index (κ1) is 19.2. The van der Waals surface area contributed by atoms with E-state index in [9.17, 15) is 13.2 Å². The van der Waals surface area contributed by atoms with Crippen molar-refractivity contribution in [3.05, 3.63) is 35.5 Å². The van der Waals surface area contributed by atoms with E-state index in [2.05, 4.69) is 38.2 Å². The van der Waals surface area contributed by atoms with Crippen LogP contribution in [-0.2, 0) is 12.6 Å². The number of anilines is 4. The third-order valence-corrected chi connectivity index (χ3v) is 4.71. The summed E-state index contributed by atoms with van der Waals surface area (Å²) < 4.78 is 38.4. The van der Waals surface area contributed by atoms with E-state index in [1.165, 1.54) is 0 Å². The van der Waals surface area contributed by atoms with Crippen LogP contribution in [0.4, 0.5) is 36.3 Å². The molecule has 0 spiro atoms. The van der Waals surface area contributed by atoms with Crippen LogP contribution in [0.5, 0.6) is 0 Å². The van der Waals surface area contributed by atoms with Gasteiger partial charge in [0.05, 0.1) is 0 Å². The van der Waals surface area contributed by atoms with Crippen molar-refractivity contribution in [2.45, 2.75) is 19.5 Å². The number of likely N-dealkylation sites (N-methyl/N-ethyl adjacent to an activating group) is 1. The predicted molar refractivity (Wildman–Crippen MR) is 100 cm³/mol. The molecule has 1 aliphatic heterocycles. The number of rotatable bonds is 4. The van der Waals surface area contributed by atoms with Crippen LogP contribution >= 0.6 is 0 Å². The van der Waals surface area contributed by atoms with Gasteiger partial charge in [-0.1, -0.05) is 6.92 Å². The fraction of sp³-hybridized carbons (Fsp3) is 0.444. The zero-order valence-corrected chi connectivity index (χ0v) is 15.3. The number of hydrogen-bond acceptors (Lipinski definition) is 6. The van der Waals surface area contributed by atoms with Crippen LogP contribution in [0.15, 0.2) is 24.4 Å². The molecule has 2 heterocycles. The monoisotopic (exact) mass is 380 g/mol. The standard InChI is InChI=1S/C18H23F3N6/c1-3-12-10-13(27-8-6-26(2)7-9-27)4-5-15(12)24-17-23-11-14(16(22)25-17)18(19,20)21/h4-5,10-11H,3,6-9H2,1-2H3,(H3,22,23,24,25). The third kappa shape index (κ3) is 4.41. The molecule has 1 aromatic heterocycles. The van der Waals surface area contributed by atoms with Crippen LogP contribution in [0.3, 0.4) is 0 Å². The van der Waals surface area contributed by atoms with Crippen LogP contribution < -0.4 is 16.0 Å². The summed E-state index contributed by atoms with van der Waals surface area (Å²) in [7, 11) is 2.11. The lowest BCUT2D eigenvalue weighted by molar-refractivity contribution is -0.137. The summed E-state index contributed by atoms with van der Waals surface area (Å²) in [5.41, 5.74) is 7.34. The Kier molecular flexibility index (Phi) is 5.41. The number of benzene rings is 1. The maximum atomic E-state index is 12.8. The van der Waals surface area contributed by atoms with Crippen LogP contribution in [0, 0.1) is 0 Å².